The quantitative estimate of drug-likeness (QED) is 0.176. The Morgan fingerprint density at radius 1 is 0.918 bits per heavy atom. The van der Waals surface area contributed by atoms with Crippen molar-refractivity contribution in [2.45, 2.75) is 62.2 Å². The Hall–Kier alpha value is -4.96. The number of benzene rings is 4. The summed E-state index contributed by atoms with van der Waals surface area (Å²) in [6.07, 6.45) is 3.70. The van der Waals surface area contributed by atoms with E-state index >= 15 is 4.21 Å². The predicted octanol–water partition coefficient (Wildman–Crippen LogP) is 7.39. The van der Waals surface area contributed by atoms with E-state index in [9.17, 15) is 9.18 Å². The van der Waals surface area contributed by atoms with Crippen molar-refractivity contribution in [3.63, 3.8) is 0 Å². The van der Waals surface area contributed by atoms with Crippen LogP contribution in [0.5, 0.6) is 5.88 Å². The highest BCUT2D eigenvalue weighted by molar-refractivity contribution is 7.92. The molecule has 8 rings (SSSR count). The fourth-order valence-corrected chi connectivity index (χ4v) is 9.47. The van der Waals surface area contributed by atoms with Crippen molar-refractivity contribution in [3.05, 3.63) is 142 Å². The molecule has 3 atom stereocenters. The maximum atomic E-state index is 15.9. The first-order chi connectivity index (χ1) is 23.8. The van der Waals surface area contributed by atoms with Gasteiger partial charge in [-0.2, -0.15) is 9.46 Å². The van der Waals surface area contributed by atoms with Gasteiger partial charge in [-0.05, 0) is 58.2 Å². The second-order valence-electron chi connectivity index (χ2n) is 13.3. The molecular weight excluding hydrogens is 638 g/mol. The topological polar surface area (TPSA) is 97.6 Å². The van der Waals surface area contributed by atoms with Crippen molar-refractivity contribution < 1.29 is 18.1 Å². The summed E-state index contributed by atoms with van der Waals surface area (Å²) in [4.78, 5) is 14.5. The molecule has 250 valence electrons. The number of anilines is 1. The second kappa shape index (κ2) is 12.5. The van der Waals surface area contributed by atoms with Gasteiger partial charge in [0.15, 0.2) is 9.92 Å². The fourth-order valence-electron chi connectivity index (χ4n) is 7.62. The number of urea groups is 1. The highest BCUT2D eigenvalue weighted by Crippen LogP contribution is 2.44. The van der Waals surface area contributed by atoms with Crippen LogP contribution in [-0.4, -0.2) is 32.8 Å². The molecule has 3 aliphatic rings. The van der Waals surface area contributed by atoms with Crippen LogP contribution in [-0.2, 0) is 47.7 Å². The van der Waals surface area contributed by atoms with E-state index < -0.39 is 27.7 Å². The zero-order valence-corrected chi connectivity index (χ0v) is 28.1. The van der Waals surface area contributed by atoms with Gasteiger partial charge in [-0.1, -0.05) is 104 Å². The van der Waals surface area contributed by atoms with E-state index in [2.05, 4.69) is 28.1 Å². The molecule has 2 heterocycles. The fraction of sp³-hybridized carbons (Fsp3) is 0.282. The SMILES string of the molecule is C[C@H]1COc2c([S@@](=O)(=NC(c3ccccc3)(c3ccccc3)c3ccccc3)NC(=O)Nc3c4c(cc5c3C[C@H](F)C5)CCC4)cnn2C1. The van der Waals surface area contributed by atoms with E-state index in [1.807, 2.05) is 91.0 Å². The molecule has 8 nitrogen and oxygen atoms in total. The van der Waals surface area contributed by atoms with Crippen LogP contribution in [0.4, 0.5) is 14.9 Å². The van der Waals surface area contributed by atoms with Crippen LogP contribution in [0.1, 0.15) is 52.3 Å². The molecule has 0 fully saturated rings. The van der Waals surface area contributed by atoms with Crippen LogP contribution in [0.2, 0.25) is 0 Å². The highest BCUT2D eigenvalue weighted by atomic mass is 32.2. The van der Waals surface area contributed by atoms with Gasteiger partial charge in [0.25, 0.3) is 0 Å². The Balaban J connectivity index is 1.34. The summed E-state index contributed by atoms with van der Waals surface area (Å²) < 4.78 is 46.7. The number of hydrogen-bond donors (Lipinski definition) is 2. The Morgan fingerprint density at radius 2 is 1.55 bits per heavy atom. The molecule has 0 spiro atoms. The Kier molecular flexibility index (Phi) is 7.98. The van der Waals surface area contributed by atoms with Crippen molar-refractivity contribution in [2.24, 2.45) is 10.3 Å². The number of amides is 2. The Bertz CT molecular complexity index is 2050. The van der Waals surface area contributed by atoms with E-state index in [0.717, 1.165) is 58.2 Å². The number of aryl methyl sites for hydroxylation is 1. The predicted molar refractivity (Wildman–Crippen MR) is 188 cm³/mol. The second-order valence-corrected chi connectivity index (χ2v) is 15.2. The van der Waals surface area contributed by atoms with Crippen LogP contribution in [0.3, 0.4) is 0 Å². The van der Waals surface area contributed by atoms with E-state index in [4.69, 9.17) is 9.10 Å². The number of nitrogens with one attached hydrogen (secondary N) is 2. The number of halogens is 1. The first-order valence-electron chi connectivity index (χ1n) is 16.9. The van der Waals surface area contributed by atoms with Gasteiger partial charge in [-0.15, -0.1) is 0 Å². The smallest absolute Gasteiger partial charge is 0.331 e. The van der Waals surface area contributed by atoms with Crippen molar-refractivity contribution in [3.8, 4) is 5.88 Å². The number of carbonyl (C=O) groups excluding carboxylic acids is 1. The molecule has 2 amide bonds. The van der Waals surface area contributed by atoms with Gasteiger partial charge < -0.3 is 10.1 Å². The van der Waals surface area contributed by atoms with Gasteiger partial charge in [0.05, 0.1) is 19.3 Å². The summed E-state index contributed by atoms with van der Waals surface area (Å²) in [6.45, 7) is 3.04. The summed E-state index contributed by atoms with van der Waals surface area (Å²) in [5.41, 5.74) is 5.53. The van der Waals surface area contributed by atoms with E-state index in [-0.39, 0.29) is 17.2 Å². The first kappa shape index (κ1) is 31.3. The molecule has 1 aliphatic heterocycles. The molecule has 1 aromatic heterocycles. The van der Waals surface area contributed by atoms with E-state index in [0.29, 0.717) is 31.1 Å². The van der Waals surface area contributed by atoms with Gasteiger partial charge in [0.1, 0.15) is 16.6 Å². The average Bonchev–Trinajstić information content (AvgIpc) is 3.86. The lowest BCUT2D eigenvalue weighted by molar-refractivity contribution is 0.170. The van der Waals surface area contributed by atoms with Gasteiger partial charge in [0.2, 0.25) is 5.88 Å². The number of alkyl halides is 1. The van der Waals surface area contributed by atoms with Crippen molar-refractivity contribution in [1.29, 1.82) is 0 Å². The number of hydrogen-bond acceptors (Lipinski definition) is 5. The Labute approximate surface area is 286 Å². The molecule has 5 aromatic rings. The summed E-state index contributed by atoms with van der Waals surface area (Å²) in [5, 5.41) is 7.60. The van der Waals surface area contributed by atoms with Crippen LogP contribution >= 0.6 is 0 Å². The number of carbonyl (C=O) groups is 1. The number of fused-ring (bicyclic) bond motifs is 3. The van der Waals surface area contributed by atoms with Crippen LogP contribution in [0, 0.1) is 5.92 Å². The van der Waals surface area contributed by atoms with Crippen LogP contribution < -0.4 is 14.8 Å². The minimum atomic E-state index is -3.86. The lowest BCUT2D eigenvalue weighted by atomic mass is 9.78. The van der Waals surface area contributed by atoms with Gasteiger partial charge >= 0.3 is 6.03 Å². The zero-order chi connectivity index (χ0) is 33.6. The molecule has 10 heteroatoms. The molecule has 2 aliphatic carbocycles. The first-order valence-corrected chi connectivity index (χ1v) is 18.4. The summed E-state index contributed by atoms with van der Waals surface area (Å²) in [7, 11) is -3.86. The van der Waals surface area contributed by atoms with Crippen molar-refractivity contribution in [1.82, 2.24) is 14.5 Å². The third-order valence-electron chi connectivity index (χ3n) is 9.82. The third kappa shape index (κ3) is 5.57. The third-order valence-corrected chi connectivity index (χ3v) is 11.7. The average molecular weight is 676 g/mol. The number of ether oxygens (including phenoxy) is 1. The largest absolute Gasteiger partial charge is 0.477 e. The molecule has 0 saturated carbocycles. The number of nitrogens with zero attached hydrogens (tertiary/aromatic N) is 3. The van der Waals surface area contributed by atoms with Crippen LogP contribution in [0.25, 0.3) is 0 Å². The lowest BCUT2D eigenvalue weighted by Gasteiger charge is -2.33. The summed E-state index contributed by atoms with van der Waals surface area (Å²) in [6, 6.07) is 30.5. The lowest BCUT2D eigenvalue weighted by Crippen LogP contribution is -2.38. The number of rotatable bonds is 7. The van der Waals surface area contributed by atoms with Gasteiger partial charge in [0, 0.05) is 24.4 Å². The van der Waals surface area contributed by atoms with Gasteiger partial charge in [-0.25, -0.2) is 22.8 Å². The number of aromatic nitrogens is 2. The molecule has 0 unspecified atom stereocenters. The monoisotopic (exact) mass is 675 g/mol. The van der Waals surface area contributed by atoms with E-state index in [1.165, 1.54) is 6.20 Å². The normalized spacial score (nSPS) is 19.1. The molecule has 0 radical (unpaired) electrons. The van der Waals surface area contributed by atoms with E-state index in [1.54, 1.807) is 4.68 Å². The van der Waals surface area contributed by atoms with Gasteiger partial charge in [-0.3, -0.25) is 0 Å². The molecule has 2 N–H and O–H groups in total. The van der Waals surface area contributed by atoms with Crippen molar-refractivity contribution >= 4 is 21.6 Å². The molecular formula is C39H38FN5O3S. The summed E-state index contributed by atoms with van der Waals surface area (Å²) >= 11 is 0. The maximum absolute atomic E-state index is 15.9. The highest BCUT2D eigenvalue weighted by Gasteiger charge is 2.41. The maximum Gasteiger partial charge on any atom is 0.331 e. The molecule has 4 aromatic carbocycles. The Morgan fingerprint density at radius 3 is 2.18 bits per heavy atom. The van der Waals surface area contributed by atoms with Crippen molar-refractivity contribution in [2.75, 3.05) is 11.9 Å². The minimum Gasteiger partial charge on any atom is -0.477 e. The molecule has 0 bridgehead atoms. The standard InChI is InChI=1S/C39H38FN5O3S/c1-26-24-45-37(48-25-26)35(23-41-45)49(47,43-38(46)42-36-33-19-11-12-27(33)20-28-21-32(40)22-34(28)36)44-39(29-13-5-2-6-14-29,30-15-7-3-8-16-30)31-17-9-4-10-18-31/h2-10,13-18,20,23,26,32H,11-12,19,21-22,24-25H2,1H3,(H2,42,43,44,46,47)/t26-,32-,49+/m1/s1. The summed E-state index contributed by atoms with van der Waals surface area (Å²) in [5.74, 6) is 0.514. The minimum absolute atomic E-state index is 0.189. The molecule has 0 saturated heterocycles. The molecule has 49 heavy (non-hydrogen) atoms. The zero-order valence-electron chi connectivity index (χ0n) is 27.3. The van der Waals surface area contributed by atoms with Crippen LogP contribution in [0.15, 0.2) is 113 Å².